The van der Waals surface area contributed by atoms with Crippen LogP contribution < -0.4 is 5.32 Å². The SMILES string of the molecule is CCC(C)(CO)NC(=O)c1cc(Cl)ccc1Cl. The van der Waals surface area contributed by atoms with Crippen molar-refractivity contribution in [2.75, 3.05) is 6.61 Å². The van der Waals surface area contributed by atoms with Gasteiger partial charge in [-0.3, -0.25) is 4.79 Å². The van der Waals surface area contributed by atoms with Crippen LogP contribution in [-0.2, 0) is 0 Å². The molecule has 3 nitrogen and oxygen atoms in total. The molecule has 0 aliphatic heterocycles. The van der Waals surface area contributed by atoms with E-state index in [4.69, 9.17) is 23.2 Å². The van der Waals surface area contributed by atoms with Crippen molar-refractivity contribution in [1.29, 1.82) is 0 Å². The van der Waals surface area contributed by atoms with Gasteiger partial charge in [0.05, 0.1) is 22.7 Å². The number of halogens is 2. The predicted octanol–water partition coefficient (Wildman–Crippen LogP) is 2.88. The van der Waals surface area contributed by atoms with E-state index in [1.54, 1.807) is 19.1 Å². The summed E-state index contributed by atoms with van der Waals surface area (Å²) in [5.41, 5.74) is -0.338. The molecule has 1 aromatic rings. The monoisotopic (exact) mass is 275 g/mol. The molecule has 0 spiro atoms. The molecular weight excluding hydrogens is 261 g/mol. The Kier molecular flexibility index (Phi) is 4.80. The number of amides is 1. The largest absolute Gasteiger partial charge is 0.394 e. The number of carbonyl (C=O) groups is 1. The van der Waals surface area contributed by atoms with Gasteiger partial charge < -0.3 is 10.4 Å². The molecule has 0 aromatic heterocycles. The zero-order valence-corrected chi connectivity index (χ0v) is 11.3. The Morgan fingerprint density at radius 1 is 1.47 bits per heavy atom. The van der Waals surface area contributed by atoms with Crippen LogP contribution in [0, 0.1) is 0 Å². The van der Waals surface area contributed by atoms with E-state index in [0.29, 0.717) is 22.0 Å². The lowest BCUT2D eigenvalue weighted by atomic mass is 9.99. The molecule has 1 atom stereocenters. The number of carbonyl (C=O) groups excluding carboxylic acids is 1. The quantitative estimate of drug-likeness (QED) is 0.888. The molecule has 94 valence electrons. The summed E-state index contributed by atoms with van der Waals surface area (Å²) in [6.45, 7) is 3.52. The average molecular weight is 276 g/mol. The van der Waals surface area contributed by atoms with E-state index < -0.39 is 5.54 Å². The molecule has 0 heterocycles. The molecule has 0 saturated carbocycles. The maximum absolute atomic E-state index is 12.0. The molecule has 0 aliphatic rings. The van der Waals surface area contributed by atoms with E-state index in [9.17, 15) is 9.90 Å². The minimum Gasteiger partial charge on any atom is -0.394 e. The standard InChI is InChI=1S/C12H15Cl2NO2/c1-3-12(2,7-16)15-11(17)9-6-8(13)4-5-10(9)14/h4-6,16H,3,7H2,1-2H3,(H,15,17). The fraction of sp³-hybridized carbons (Fsp3) is 0.417. The number of hydrogen-bond acceptors (Lipinski definition) is 2. The lowest BCUT2D eigenvalue weighted by molar-refractivity contribution is 0.0847. The highest BCUT2D eigenvalue weighted by atomic mass is 35.5. The minimum absolute atomic E-state index is 0.132. The first-order valence-electron chi connectivity index (χ1n) is 5.30. The second kappa shape index (κ2) is 5.71. The van der Waals surface area contributed by atoms with E-state index in [-0.39, 0.29) is 12.5 Å². The molecule has 1 amide bonds. The average Bonchev–Trinajstić information content (AvgIpc) is 2.32. The first-order valence-corrected chi connectivity index (χ1v) is 6.06. The molecule has 0 aliphatic carbocycles. The summed E-state index contributed by atoms with van der Waals surface area (Å²) in [4.78, 5) is 12.0. The number of rotatable bonds is 4. The Morgan fingerprint density at radius 2 is 2.12 bits per heavy atom. The van der Waals surface area contributed by atoms with Crippen molar-refractivity contribution in [3.05, 3.63) is 33.8 Å². The summed E-state index contributed by atoms with van der Waals surface area (Å²) in [7, 11) is 0. The Hall–Kier alpha value is -0.770. The predicted molar refractivity (Wildman–Crippen MR) is 69.7 cm³/mol. The number of benzene rings is 1. The van der Waals surface area contributed by atoms with Crippen molar-refractivity contribution in [2.45, 2.75) is 25.8 Å². The topological polar surface area (TPSA) is 49.3 Å². The summed E-state index contributed by atoms with van der Waals surface area (Å²) in [6.07, 6.45) is 0.618. The van der Waals surface area contributed by atoms with Crippen LogP contribution in [0.4, 0.5) is 0 Å². The van der Waals surface area contributed by atoms with Gasteiger partial charge in [0.1, 0.15) is 0 Å². The van der Waals surface area contributed by atoms with Crippen molar-refractivity contribution in [2.24, 2.45) is 0 Å². The highest BCUT2D eigenvalue weighted by Crippen LogP contribution is 2.21. The maximum atomic E-state index is 12.0. The van der Waals surface area contributed by atoms with Crippen LogP contribution in [0.3, 0.4) is 0 Å². The van der Waals surface area contributed by atoms with Crippen molar-refractivity contribution in [3.63, 3.8) is 0 Å². The molecule has 1 rings (SSSR count). The van der Waals surface area contributed by atoms with Gasteiger partial charge in [0.25, 0.3) is 5.91 Å². The number of hydrogen-bond donors (Lipinski definition) is 2. The molecule has 2 N–H and O–H groups in total. The van der Waals surface area contributed by atoms with Crippen LogP contribution in [0.2, 0.25) is 10.0 Å². The third-order valence-electron chi connectivity index (χ3n) is 2.72. The van der Waals surface area contributed by atoms with Gasteiger partial charge >= 0.3 is 0 Å². The number of aliphatic hydroxyl groups is 1. The van der Waals surface area contributed by atoms with Crippen LogP contribution in [0.1, 0.15) is 30.6 Å². The summed E-state index contributed by atoms with van der Waals surface area (Å²) >= 11 is 11.7. The molecule has 0 bridgehead atoms. The molecule has 0 fully saturated rings. The Morgan fingerprint density at radius 3 is 2.65 bits per heavy atom. The Labute approximate surface area is 111 Å². The summed E-state index contributed by atoms with van der Waals surface area (Å²) in [6, 6.07) is 4.69. The number of aliphatic hydroxyl groups excluding tert-OH is 1. The first-order chi connectivity index (χ1) is 7.91. The zero-order chi connectivity index (χ0) is 13.1. The molecule has 1 unspecified atom stereocenters. The summed E-state index contributed by atoms with van der Waals surface area (Å²) in [5, 5.41) is 12.8. The molecule has 1 aromatic carbocycles. The molecule has 0 radical (unpaired) electrons. The third kappa shape index (κ3) is 3.60. The van der Waals surface area contributed by atoms with Gasteiger partial charge in [-0.25, -0.2) is 0 Å². The smallest absolute Gasteiger partial charge is 0.253 e. The van der Waals surface area contributed by atoms with Crippen molar-refractivity contribution < 1.29 is 9.90 Å². The minimum atomic E-state index is -0.650. The molecule has 17 heavy (non-hydrogen) atoms. The van der Waals surface area contributed by atoms with Crippen LogP contribution >= 0.6 is 23.2 Å². The normalized spacial score (nSPS) is 14.2. The summed E-state index contributed by atoms with van der Waals surface area (Å²) in [5.74, 6) is -0.337. The molecular formula is C12H15Cl2NO2. The van der Waals surface area contributed by atoms with Crippen LogP contribution in [0.25, 0.3) is 0 Å². The van der Waals surface area contributed by atoms with E-state index in [1.165, 1.54) is 6.07 Å². The van der Waals surface area contributed by atoms with E-state index >= 15 is 0 Å². The Bertz CT molecular complexity index is 417. The van der Waals surface area contributed by atoms with E-state index in [1.807, 2.05) is 6.92 Å². The van der Waals surface area contributed by atoms with E-state index in [2.05, 4.69) is 5.32 Å². The van der Waals surface area contributed by atoms with E-state index in [0.717, 1.165) is 0 Å². The van der Waals surface area contributed by atoms with Gasteiger partial charge in [-0.15, -0.1) is 0 Å². The molecule has 0 saturated heterocycles. The lowest BCUT2D eigenvalue weighted by Crippen LogP contribution is -2.48. The molecule has 5 heteroatoms. The fourth-order valence-corrected chi connectivity index (χ4v) is 1.63. The van der Waals surface area contributed by atoms with Gasteiger partial charge in [0, 0.05) is 5.02 Å². The highest BCUT2D eigenvalue weighted by molar-refractivity contribution is 6.35. The van der Waals surface area contributed by atoms with Gasteiger partial charge in [0.2, 0.25) is 0 Å². The van der Waals surface area contributed by atoms with Crippen LogP contribution in [0.5, 0.6) is 0 Å². The van der Waals surface area contributed by atoms with Crippen molar-refractivity contribution in [1.82, 2.24) is 5.32 Å². The number of nitrogens with one attached hydrogen (secondary N) is 1. The highest BCUT2D eigenvalue weighted by Gasteiger charge is 2.24. The van der Waals surface area contributed by atoms with Crippen LogP contribution in [-0.4, -0.2) is 23.2 Å². The maximum Gasteiger partial charge on any atom is 0.253 e. The van der Waals surface area contributed by atoms with Crippen molar-refractivity contribution in [3.8, 4) is 0 Å². The fourth-order valence-electron chi connectivity index (χ4n) is 1.25. The third-order valence-corrected chi connectivity index (χ3v) is 3.28. The van der Waals surface area contributed by atoms with Gasteiger partial charge in [-0.2, -0.15) is 0 Å². The van der Waals surface area contributed by atoms with Gasteiger partial charge in [-0.05, 0) is 31.5 Å². The van der Waals surface area contributed by atoms with Crippen LogP contribution in [0.15, 0.2) is 18.2 Å². The second-order valence-electron chi connectivity index (χ2n) is 4.15. The van der Waals surface area contributed by atoms with Gasteiger partial charge in [0.15, 0.2) is 0 Å². The second-order valence-corrected chi connectivity index (χ2v) is 4.99. The first kappa shape index (κ1) is 14.3. The summed E-state index contributed by atoms with van der Waals surface area (Å²) < 4.78 is 0. The van der Waals surface area contributed by atoms with Gasteiger partial charge in [-0.1, -0.05) is 30.1 Å². The Balaban J connectivity index is 2.94. The zero-order valence-electron chi connectivity index (χ0n) is 9.76. The van der Waals surface area contributed by atoms with Crippen molar-refractivity contribution >= 4 is 29.1 Å². The lowest BCUT2D eigenvalue weighted by Gasteiger charge is -2.27.